The number of rotatable bonds is 5. The maximum absolute atomic E-state index is 5.64. The summed E-state index contributed by atoms with van der Waals surface area (Å²) in [4.78, 5) is 0. The smallest absolute Gasteiger partial charge is 0.171 e. The first-order chi connectivity index (χ1) is 8.74. The summed E-state index contributed by atoms with van der Waals surface area (Å²) < 4.78 is 7.83. The summed E-state index contributed by atoms with van der Waals surface area (Å²) in [5, 5.41) is 0. The molecule has 0 spiro atoms. The van der Waals surface area contributed by atoms with E-state index in [-0.39, 0.29) is 0 Å². The molecule has 2 aromatic rings. The van der Waals surface area contributed by atoms with Crippen LogP contribution in [0.25, 0.3) is 0 Å². The third-order valence-electron chi connectivity index (χ3n) is 2.72. The molecule has 0 atom stereocenters. The monoisotopic (exact) mass is 243 g/mol. The fraction of sp³-hybridized carbons (Fsp3) is 0.267. The van der Waals surface area contributed by atoms with Crippen molar-refractivity contribution in [2.75, 3.05) is 12.3 Å². The summed E-state index contributed by atoms with van der Waals surface area (Å²) in [7, 11) is 0. The van der Waals surface area contributed by atoms with Gasteiger partial charge in [0.25, 0.3) is 0 Å². The van der Waals surface area contributed by atoms with E-state index >= 15 is 0 Å². The molecular weight excluding hydrogens is 224 g/mol. The second kappa shape index (κ2) is 6.05. The molecule has 0 amide bonds. The molecule has 0 saturated carbocycles. The van der Waals surface area contributed by atoms with E-state index in [1.54, 1.807) is 0 Å². The average Bonchev–Trinajstić information content (AvgIpc) is 2.37. The van der Waals surface area contributed by atoms with E-state index in [1.165, 1.54) is 5.56 Å². The second-order valence-electron chi connectivity index (χ2n) is 4.39. The van der Waals surface area contributed by atoms with Crippen LogP contribution in [0.15, 0.2) is 48.8 Å². The first-order valence-corrected chi connectivity index (χ1v) is 6.18. The van der Waals surface area contributed by atoms with Crippen LogP contribution in [-0.2, 0) is 6.54 Å². The first-order valence-electron chi connectivity index (χ1n) is 6.18. The minimum Gasteiger partial charge on any atom is -0.493 e. The molecule has 18 heavy (non-hydrogen) atoms. The van der Waals surface area contributed by atoms with E-state index in [4.69, 9.17) is 10.5 Å². The zero-order valence-electron chi connectivity index (χ0n) is 10.7. The zero-order valence-corrected chi connectivity index (χ0v) is 10.7. The highest BCUT2D eigenvalue weighted by molar-refractivity contribution is 5.41. The lowest BCUT2D eigenvalue weighted by atomic mass is 10.3. The Hall–Kier alpha value is -2.03. The summed E-state index contributed by atoms with van der Waals surface area (Å²) in [6, 6.07) is 11.7. The van der Waals surface area contributed by atoms with Gasteiger partial charge in [-0.1, -0.05) is 0 Å². The van der Waals surface area contributed by atoms with Crippen LogP contribution in [0.5, 0.6) is 5.75 Å². The highest BCUT2D eigenvalue weighted by atomic mass is 16.5. The van der Waals surface area contributed by atoms with Gasteiger partial charge < -0.3 is 10.5 Å². The number of aryl methyl sites for hydroxylation is 2. The van der Waals surface area contributed by atoms with Crippen molar-refractivity contribution in [1.29, 1.82) is 0 Å². The van der Waals surface area contributed by atoms with Crippen molar-refractivity contribution in [2.24, 2.45) is 0 Å². The number of benzene rings is 1. The highest BCUT2D eigenvalue weighted by Gasteiger charge is 2.00. The Morgan fingerprint density at radius 2 is 1.94 bits per heavy atom. The van der Waals surface area contributed by atoms with E-state index < -0.39 is 0 Å². The van der Waals surface area contributed by atoms with Gasteiger partial charge >= 0.3 is 0 Å². The van der Waals surface area contributed by atoms with Crippen LogP contribution < -0.4 is 15.0 Å². The van der Waals surface area contributed by atoms with Crippen LogP contribution >= 0.6 is 0 Å². The SMILES string of the molecule is Cc1ccc[n+](CCCOc2ccc(N)cc2)c1. The number of aromatic nitrogens is 1. The molecule has 1 aromatic heterocycles. The molecule has 0 bridgehead atoms. The lowest BCUT2D eigenvalue weighted by molar-refractivity contribution is -0.697. The Balaban J connectivity index is 1.74. The molecule has 2 rings (SSSR count). The van der Waals surface area contributed by atoms with Crippen LogP contribution in [0, 0.1) is 6.92 Å². The number of hydrogen-bond acceptors (Lipinski definition) is 2. The van der Waals surface area contributed by atoms with E-state index in [0.29, 0.717) is 6.61 Å². The van der Waals surface area contributed by atoms with Gasteiger partial charge in [-0.25, -0.2) is 4.57 Å². The Labute approximate surface area is 108 Å². The second-order valence-corrected chi connectivity index (χ2v) is 4.39. The molecule has 0 aliphatic heterocycles. The topological polar surface area (TPSA) is 39.1 Å². The van der Waals surface area contributed by atoms with Crippen molar-refractivity contribution in [3.05, 3.63) is 54.4 Å². The average molecular weight is 243 g/mol. The van der Waals surface area contributed by atoms with E-state index in [2.05, 4.69) is 36.0 Å². The maximum Gasteiger partial charge on any atom is 0.171 e. The molecule has 3 heteroatoms. The third kappa shape index (κ3) is 3.77. The molecule has 0 aliphatic carbocycles. The van der Waals surface area contributed by atoms with Gasteiger partial charge in [0, 0.05) is 23.7 Å². The summed E-state index contributed by atoms with van der Waals surface area (Å²) >= 11 is 0. The van der Waals surface area contributed by atoms with Crippen molar-refractivity contribution in [1.82, 2.24) is 0 Å². The lowest BCUT2D eigenvalue weighted by Crippen LogP contribution is -2.33. The number of pyridine rings is 1. The van der Waals surface area contributed by atoms with E-state index in [1.807, 2.05) is 24.3 Å². The van der Waals surface area contributed by atoms with Gasteiger partial charge in [0.05, 0.1) is 6.61 Å². The maximum atomic E-state index is 5.64. The quantitative estimate of drug-likeness (QED) is 0.497. The Bertz CT molecular complexity index is 494. The van der Waals surface area contributed by atoms with Gasteiger partial charge in [0.2, 0.25) is 0 Å². The normalized spacial score (nSPS) is 10.3. The standard InChI is InChI=1S/C15H19N2O/c1-13-4-2-9-17(12-13)10-3-11-18-15-7-5-14(16)6-8-15/h2,4-9,12H,3,10-11,16H2,1H3/q+1. The number of nitrogens with two attached hydrogens (primary N) is 1. The van der Waals surface area contributed by atoms with Gasteiger partial charge in [0.15, 0.2) is 18.9 Å². The first kappa shape index (κ1) is 12.4. The van der Waals surface area contributed by atoms with Crippen molar-refractivity contribution in [2.45, 2.75) is 19.9 Å². The lowest BCUT2D eigenvalue weighted by Gasteiger charge is -2.05. The Morgan fingerprint density at radius 3 is 2.67 bits per heavy atom. The van der Waals surface area contributed by atoms with Gasteiger partial charge in [-0.05, 0) is 37.3 Å². The van der Waals surface area contributed by atoms with Gasteiger partial charge in [0.1, 0.15) is 5.75 Å². The van der Waals surface area contributed by atoms with E-state index in [0.717, 1.165) is 24.4 Å². The molecule has 3 nitrogen and oxygen atoms in total. The summed E-state index contributed by atoms with van der Waals surface area (Å²) in [6.45, 7) is 3.78. The van der Waals surface area contributed by atoms with Crippen molar-refractivity contribution in [3.8, 4) is 5.75 Å². The summed E-state index contributed by atoms with van der Waals surface area (Å²) in [5.74, 6) is 0.874. The van der Waals surface area contributed by atoms with Crippen LogP contribution in [0.2, 0.25) is 0 Å². The number of anilines is 1. The minimum absolute atomic E-state index is 0.713. The molecule has 0 fully saturated rings. The molecule has 94 valence electrons. The molecule has 0 aliphatic rings. The van der Waals surface area contributed by atoms with Crippen molar-refractivity contribution < 1.29 is 9.30 Å². The van der Waals surface area contributed by atoms with Gasteiger partial charge in [-0.3, -0.25) is 0 Å². The Morgan fingerprint density at radius 1 is 1.17 bits per heavy atom. The number of nitrogen functional groups attached to an aromatic ring is 1. The van der Waals surface area contributed by atoms with Crippen molar-refractivity contribution in [3.63, 3.8) is 0 Å². The van der Waals surface area contributed by atoms with Crippen molar-refractivity contribution >= 4 is 5.69 Å². The minimum atomic E-state index is 0.713. The molecular formula is C15H19N2O+. The molecule has 0 radical (unpaired) electrons. The van der Waals surface area contributed by atoms with Crippen LogP contribution in [0.3, 0.4) is 0 Å². The van der Waals surface area contributed by atoms with Crippen LogP contribution in [0.4, 0.5) is 5.69 Å². The Kier molecular flexibility index (Phi) is 4.18. The zero-order chi connectivity index (χ0) is 12.8. The fourth-order valence-corrected chi connectivity index (χ4v) is 1.79. The fourth-order valence-electron chi connectivity index (χ4n) is 1.79. The van der Waals surface area contributed by atoms with Crippen LogP contribution in [-0.4, -0.2) is 6.61 Å². The number of hydrogen-bond donors (Lipinski definition) is 1. The molecule has 0 saturated heterocycles. The largest absolute Gasteiger partial charge is 0.493 e. The third-order valence-corrected chi connectivity index (χ3v) is 2.72. The predicted molar refractivity (Wildman–Crippen MR) is 72.3 cm³/mol. The predicted octanol–water partition coefficient (Wildman–Crippen LogP) is 2.33. The molecule has 2 N–H and O–H groups in total. The van der Waals surface area contributed by atoms with Gasteiger partial charge in [-0.2, -0.15) is 0 Å². The molecule has 1 aromatic carbocycles. The summed E-state index contributed by atoms with van der Waals surface area (Å²) in [5.41, 5.74) is 7.65. The number of nitrogens with zero attached hydrogens (tertiary/aromatic N) is 1. The van der Waals surface area contributed by atoms with Gasteiger partial charge in [-0.15, -0.1) is 0 Å². The highest BCUT2D eigenvalue weighted by Crippen LogP contribution is 2.12. The molecule has 0 unspecified atom stereocenters. The van der Waals surface area contributed by atoms with E-state index in [9.17, 15) is 0 Å². The number of ether oxygens (including phenoxy) is 1. The van der Waals surface area contributed by atoms with Crippen LogP contribution in [0.1, 0.15) is 12.0 Å². The summed E-state index contributed by atoms with van der Waals surface area (Å²) in [6.07, 6.45) is 5.21. The molecule has 1 heterocycles.